The van der Waals surface area contributed by atoms with Crippen molar-refractivity contribution in [1.29, 1.82) is 0 Å². The van der Waals surface area contributed by atoms with E-state index in [1.54, 1.807) is 25.2 Å². The summed E-state index contributed by atoms with van der Waals surface area (Å²) in [5.74, 6) is 0.191. The predicted molar refractivity (Wildman–Crippen MR) is 139 cm³/mol. The van der Waals surface area contributed by atoms with Gasteiger partial charge in [-0.05, 0) is 55.4 Å². The number of ether oxygens (including phenoxy) is 2. The number of benzene rings is 3. The first-order valence-corrected chi connectivity index (χ1v) is 12.5. The minimum atomic E-state index is -1.38. The minimum absolute atomic E-state index is 0.311. The van der Waals surface area contributed by atoms with Crippen molar-refractivity contribution < 1.29 is 19.2 Å². The molecule has 1 N–H and O–H groups in total. The van der Waals surface area contributed by atoms with Crippen LogP contribution in [0.1, 0.15) is 29.5 Å². The first-order chi connectivity index (χ1) is 17.4. The fourth-order valence-corrected chi connectivity index (χ4v) is 5.73. The van der Waals surface area contributed by atoms with E-state index in [9.17, 15) is 14.9 Å². The molecule has 1 fully saturated rings. The Morgan fingerprint density at radius 2 is 1.86 bits per heavy atom. The van der Waals surface area contributed by atoms with E-state index in [1.807, 2.05) is 60.4 Å². The summed E-state index contributed by atoms with van der Waals surface area (Å²) in [5.41, 5.74) is 1.61. The van der Waals surface area contributed by atoms with Crippen LogP contribution in [0.4, 0.5) is 5.69 Å². The second-order valence-corrected chi connectivity index (χ2v) is 9.95. The van der Waals surface area contributed by atoms with Crippen LogP contribution in [0.15, 0.2) is 71.2 Å². The summed E-state index contributed by atoms with van der Waals surface area (Å²) in [4.78, 5) is 27.4. The molecule has 3 aromatic carbocycles. The number of hydrogen-bond donors (Lipinski definition) is 1. The lowest BCUT2D eigenvalue weighted by Crippen LogP contribution is -2.54. The number of halogens is 1. The van der Waals surface area contributed by atoms with E-state index in [-0.39, 0.29) is 10.8 Å². The average Bonchev–Trinajstić information content (AvgIpc) is 3.34. The summed E-state index contributed by atoms with van der Waals surface area (Å²) in [6.07, 6.45) is 0. The van der Waals surface area contributed by atoms with Crippen LogP contribution in [-0.2, 0) is 16.9 Å². The van der Waals surface area contributed by atoms with E-state index in [1.165, 1.54) is 0 Å². The molecule has 3 aromatic rings. The molecule has 0 aliphatic carbocycles. The SMILES string of the molecule is CCOc1cc([C@@H]2CN(C)[C@]3(C(=O)Nc4ccccc43)[C@H]2[N+](=O)[O-])ccc1OCc1ccc(Br)cc1. The van der Waals surface area contributed by atoms with Gasteiger partial charge in [0.1, 0.15) is 6.61 Å². The molecular weight excluding hydrogens is 526 g/mol. The topological polar surface area (TPSA) is 93.9 Å². The zero-order chi connectivity index (χ0) is 25.4. The number of anilines is 1. The second-order valence-electron chi connectivity index (χ2n) is 9.04. The molecule has 0 unspecified atom stereocenters. The van der Waals surface area contributed by atoms with Crippen LogP contribution in [-0.4, -0.2) is 42.0 Å². The highest BCUT2D eigenvalue weighted by molar-refractivity contribution is 9.10. The van der Waals surface area contributed by atoms with Crippen molar-refractivity contribution in [3.63, 3.8) is 0 Å². The van der Waals surface area contributed by atoms with Gasteiger partial charge in [0.2, 0.25) is 0 Å². The molecule has 2 heterocycles. The van der Waals surface area contributed by atoms with Gasteiger partial charge in [-0.1, -0.05) is 52.3 Å². The van der Waals surface area contributed by atoms with Crippen molar-refractivity contribution in [3.05, 3.63) is 98.0 Å². The molecule has 186 valence electrons. The number of nitro groups is 1. The Hall–Kier alpha value is -3.43. The largest absolute Gasteiger partial charge is 0.490 e. The number of likely N-dealkylation sites (tertiary alicyclic amines) is 1. The first kappa shape index (κ1) is 24.3. The second kappa shape index (κ2) is 9.55. The molecule has 0 radical (unpaired) electrons. The molecule has 2 aliphatic rings. The Labute approximate surface area is 217 Å². The van der Waals surface area contributed by atoms with E-state index in [2.05, 4.69) is 21.2 Å². The number of carbonyl (C=O) groups is 1. The number of para-hydroxylation sites is 1. The summed E-state index contributed by atoms with van der Waals surface area (Å²) < 4.78 is 12.9. The van der Waals surface area contributed by atoms with E-state index in [0.29, 0.717) is 42.5 Å². The highest BCUT2D eigenvalue weighted by atomic mass is 79.9. The Morgan fingerprint density at radius 3 is 2.58 bits per heavy atom. The maximum Gasteiger partial charge on any atom is 0.256 e. The Morgan fingerprint density at radius 1 is 1.11 bits per heavy atom. The molecule has 9 heteroatoms. The molecule has 2 aliphatic heterocycles. The van der Waals surface area contributed by atoms with Gasteiger partial charge in [-0.15, -0.1) is 0 Å². The Kier molecular flexibility index (Phi) is 6.44. The monoisotopic (exact) mass is 551 g/mol. The summed E-state index contributed by atoms with van der Waals surface area (Å²) in [5, 5.41) is 15.4. The van der Waals surface area contributed by atoms with Gasteiger partial charge in [0.15, 0.2) is 17.0 Å². The normalized spacial score (nSPS) is 22.9. The molecule has 1 saturated heterocycles. The standard InChI is InChI=1S/C27H26BrN3O5/c1-3-35-24-14-18(10-13-23(24)36-16-17-8-11-19(28)12-9-17)20-15-30(2)27(25(20)31(33)34)21-6-4-5-7-22(21)29-26(27)32/h4-14,20,25H,3,15-16H2,1-2H3,(H,29,32)/t20-,25-,27-/m0/s1. The molecule has 8 nitrogen and oxygen atoms in total. The number of carbonyl (C=O) groups excluding carboxylic acids is 1. The van der Waals surface area contributed by atoms with Crippen LogP contribution < -0.4 is 14.8 Å². The lowest BCUT2D eigenvalue weighted by molar-refractivity contribution is -0.534. The number of hydrogen-bond acceptors (Lipinski definition) is 6. The van der Waals surface area contributed by atoms with Gasteiger partial charge in [0.05, 0.1) is 12.5 Å². The summed E-state index contributed by atoms with van der Waals surface area (Å²) in [7, 11) is 1.78. The Bertz CT molecular complexity index is 1320. The van der Waals surface area contributed by atoms with Crippen LogP contribution in [0.5, 0.6) is 11.5 Å². The van der Waals surface area contributed by atoms with Gasteiger partial charge >= 0.3 is 0 Å². The van der Waals surface area contributed by atoms with E-state index < -0.39 is 17.5 Å². The van der Waals surface area contributed by atoms with Gasteiger partial charge in [-0.3, -0.25) is 19.8 Å². The molecule has 1 spiro atoms. The number of fused-ring (bicyclic) bond motifs is 2. The number of rotatable bonds is 7. The number of nitrogens with zero attached hydrogens (tertiary/aromatic N) is 2. The number of nitrogens with one attached hydrogen (secondary N) is 1. The zero-order valence-corrected chi connectivity index (χ0v) is 21.5. The first-order valence-electron chi connectivity index (χ1n) is 11.8. The van der Waals surface area contributed by atoms with E-state index in [0.717, 1.165) is 15.6 Å². The van der Waals surface area contributed by atoms with E-state index >= 15 is 0 Å². The van der Waals surface area contributed by atoms with Crippen LogP contribution in [0.25, 0.3) is 0 Å². The van der Waals surface area contributed by atoms with Crippen molar-refractivity contribution in [2.75, 3.05) is 25.5 Å². The Balaban J connectivity index is 1.49. The third-order valence-corrected chi connectivity index (χ3v) is 7.57. The van der Waals surface area contributed by atoms with Crippen LogP contribution in [0.3, 0.4) is 0 Å². The lowest BCUT2D eigenvalue weighted by atomic mass is 9.79. The predicted octanol–water partition coefficient (Wildman–Crippen LogP) is 4.95. The van der Waals surface area contributed by atoms with Crippen molar-refractivity contribution in [1.82, 2.24) is 4.90 Å². The summed E-state index contributed by atoms with van der Waals surface area (Å²) >= 11 is 3.43. The van der Waals surface area contributed by atoms with Crippen LogP contribution in [0, 0.1) is 10.1 Å². The molecule has 0 aromatic heterocycles. The zero-order valence-electron chi connectivity index (χ0n) is 19.9. The van der Waals surface area contributed by atoms with Crippen molar-refractivity contribution in [3.8, 4) is 11.5 Å². The smallest absolute Gasteiger partial charge is 0.256 e. The number of amides is 1. The van der Waals surface area contributed by atoms with Crippen LogP contribution >= 0.6 is 15.9 Å². The maximum absolute atomic E-state index is 13.3. The van der Waals surface area contributed by atoms with Gasteiger partial charge in [0, 0.05) is 27.2 Å². The molecule has 5 rings (SSSR count). The molecule has 0 saturated carbocycles. The lowest BCUT2D eigenvalue weighted by Gasteiger charge is -2.30. The summed E-state index contributed by atoms with van der Waals surface area (Å²) in [6, 6.07) is 19.3. The minimum Gasteiger partial charge on any atom is -0.490 e. The molecule has 1 amide bonds. The fraction of sp³-hybridized carbons (Fsp3) is 0.296. The third kappa shape index (κ3) is 3.92. The number of likely N-dealkylation sites (N-methyl/N-ethyl adjacent to an activating group) is 1. The van der Waals surface area contributed by atoms with Gasteiger partial charge < -0.3 is 14.8 Å². The average molecular weight is 552 g/mol. The van der Waals surface area contributed by atoms with Crippen LogP contribution in [0.2, 0.25) is 0 Å². The highest BCUT2D eigenvalue weighted by Crippen LogP contribution is 2.52. The van der Waals surface area contributed by atoms with Gasteiger partial charge in [0.25, 0.3) is 11.9 Å². The summed E-state index contributed by atoms with van der Waals surface area (Å²) in [6.45, 7) is 3.00. The van der Waals surface area contributed by atoms with Gasteiger partial charge in [-0.2, -0.15) is 0 Å². The van der Waals surface area contributed by atoms with Crippen molar-refractivity contribution in [2.45, 2.75) is 31.0 Å². The molecule has 0 bridgehead atoms. The van der Waals surface area contributed by atoms with Gasteiger partial charge in [-0.25, -0.2) is 0 Å². The maximum atomic E-state index is 13.3. The molecule has 36 heavy (non-hydrogen) atoms. The highest BCUT2D eigenvalue weighted by Gasteiger charge is 2.68. The molecule has 3 atom stereocenters. The van der Waals surface area contributed by atoms with Crippen molar-refractivity contribution in [2.24, 2.45) is 0 Å². The van der Waals surface area contributed by atoms with E-state index in [4.69, 9.17) is 9.47 Å². The quantitative estimate of drug-likeness (QED) is 0.330. The third-order valence-electron chi connectivity index (χ3n) is 7.04. The fourth-order valence-electron chi connectivity index (χ4n) is 5.46. The van der Waals surface area contributed by atoms with Crippen molar-refractivity contribution >= 4 is 27.5 Å². The molecular formula is C27H26BrN3O5.